The summed E-state index contributed by atoms with van der Waals surface area (Å²) in [5.41, 5.74) is -0.666. The number of para-hydroxylation sites is 1. The number of amidine groups is 1. The number of benzene rings is 1. The van der Waals surface area contributed by atoms with Crippen LogP contribution in [0.1, 0.15) is 11.1 Å². The number of halogens is 3. The largest absolute Gasteiger partial charge is 0.418 e. The van der Waals surface area contributed by atoms with Crippen molar-refractivity contribution in [3.8, 4) is 0 Å². The van der Waals surface area contributed by atoms with Crippen LogP contribution in [0.3, 0.4) is 0 Å². The number of aromatic nitrogens is 1. The Hall–Kier alpha value is -2.61. The van der Waals surface area contributed by atoms with E-state index in [2.05, 4.69) is 4.98 Å². The molecule has 0 aliphatic carbocycles. The molecular formula is C16H10F3N3OS. The number of nitrogens with zero attached hydrogens (tertiary/aromatic N) is 2. The van der Waals surface area contributed by atoms with Gasteiger partial charge in [0.1, 0.15) is 0 Å². The first-order valence-electron chi connectivity index (χ1n) is 6.77. The minimum absolute atomic E-state index is 0.171. The SMILES string of the molecule is N=C1S/C(=C\c2cccnc2)C(=O)N1c1ccccc1C(F)(F)F. The third kappa shape index (κ3) is 3.05. The molecule has 1 N–H and O–H groups in total. The number of carbonyl (C=O) groups is 1. The summed E-state index contributed by atoms with van der Waals surface area (Å²) in [6.07, 6.45) is -0.0152. The molecule has 1 aliphatic rings. The Morgan fingerprint density at radius 3 is 2.58 bits per heavy atom. The summed E-state index contributed by atoms with van der Waals surface area (Å²) in [7, 11) is 0. The molecule has 0 bridgehead atoms. The van der Waals surface area contributed by atoms with Crippen molar-refractivity contribution >= 4 is 34.6 Å². The van der Waals surface area contributed by atoms with Gasteiger partial charge in [-0.25, -0.2) is 0 Å². The predicted octanol–water partition coefficient (Wildman–Crippen LogP) is 4.16. The molecule has 24 heavy (non-hydrogen) atoms. The first-order valence-corrected chi connectivity index (χ1v) is 7.58. The fraction of sp³-hybridized carbons (Fsp3) is 0.0625. The van der Waals surface area contributed by atoms with E-state index in [9.17, 15) is 18.0 Å². The lowest BCUT2D eigenvalue weighted by molar-refractivity contribution is -0.137. The van der Waals surface area contributed by atoms with Gasteiger partial charge in [0.2, 0.25) is 0 Å². The van der Waals surface area contributed by atoms with Crippen LogP contribution in [0.25, 0.3) is 6.08 Å². The van der Waals surface area contributed by atoms with Crippen LogP contribution in [0.4, 0.5) is 18.9 Å². The number of nitrogens with one attached hydrogen (secondary N) is 1. The zero-order valence-electron chi connectivity index (χ0n) is 12.0. The summed E-state index contributed by atoms with van der Waals surface area (Å²) in [5, 5.41) is 7.64. The highest BCUT2D eigenvalue weighted by Gasteiger charge is 2.40. The molecule has 122 valence electrons. The maximum absolute atomic E-state index is 13.2. The van der Waals surface area contributed by atoms with Crippen LogP contribution >= 0.6 is 11.8 Å². The predicted molar refractivity (Wildman–Crippen MR) is 86.5 cm³/mol. The van der Waals surface area contributed by atoms with Gasteiger partial charge in [-0.1, -0.05) is 18.2 Å². The van der Waals surface area contributed by atoms with Crippen molar-refractivity contribution < 1.29 is 18.0 Å². The molecule has 1 aromatic heterocycles. The van der Waals surface area contributed by atoms with Gasteiger partial charge in [0.25, 0.3) is 5.91 Å². The zero-order chi connectivity index (χ0) is 17.3. The molecule has 1 aromatic carbocycles. The average molecular weight is 349 g/mol. The molecule has 8 heteroatoms. The second kappa shape index (κ2) is 6.12. The van der Waals surface area contributed by atoms with Crippen molar-refractivity contribution in [1.82, 2.24) is 4.98 Å². The van der Waals surface area contributed by atoms with Crippen LogP contribution in [-0.2, 0) is 11.0 Å². The number of carbonyl (C=O) groups excluding carboxylic acids is 1. The molecule has 0 spiro atoms. The molecule has 1 saturated heterocycles. The minimum Gasteiger partial charge on any atom is -0.278 e. The fourth-order valence-electron chi connectivity index (χ4n) is 2.23. The van der Waals surface area contributed by atoms with E-state index >= 15 is 0 Å². The molecule has 2 aromatic rings. The van der Waals surface area contributed by atoms with E-state index in [1.165, 1.54) is 30.5 Å². The van der Waals surface area contributed by atoms with Gasteiger partial charge >= 0.3 is 6.18 Å². The van der Waals surface area contributed by atoms with Crippen LogP contribution < -0.4 is 4.90 Å². The molecular weight excluding hydrogens is 339 g/mol. The van der Waals surface area contributed by atoms with Gasteiger partial charge in [-0.2, -0.15) is 13.2 Å². The second-order valence-electron chi connectivity index (χ2n) is 4.86. The topological polar surface area (TPSA) is 57.1 Å². The first kappa shape index (κ1) is 16.3. The Morgan fingerprint density at radius 1 is 1.17 bits per heavy atom. The molecule has 2 heterocycles. The number of anilines is 1. The van der Waals surface area contributed by atoms with E-state index in [0.29, 0.717) is 5.56 Å². The Kier molecular flexibility index (Phi) is 4.15. The number of pyridine rings is 1. The van der Waals surface area contributed by atoms with Crippen LogP contribution in [0.2, 0.25) is 0 Å². The van der Waals surface area contributed by atoms with Gasteiger partial charge < -0.3 is 0 Å². The van der Waals surface area contributed by atoms with E-state index in [4.69, 9.17) is 5.41 Å². The van der Waals surface area contributed by atoms with Gasteiger partial charge in [-0.05, 0) is 41.6 Å². The van der Waals surface area contributed by atoms with E-state index in [1.54, 1.807) is 18.3 Å². The summed E-state index contributed by atoms with van der Waals surface area (Å²) in [6.45, 7) is 0. The molecule has 4 nitrogen and oxygen atoms in total. The third-order valence-corrected chi connectivity index (χ3v) is 4.14. The molecule has 0 unspecified atom stereocenters. The standard InChI is InChI=1S/C16H10F3N3OS/c17-16(18,19)11-5-1-2-6-12(11)22-14(23)13(24-15(22)20)8-10-4-3-7-21-9-10/h1-9,20H/b13-8-,20-15?. The monoisotopic (exact) mass is 349 g/mol. The number of hydrogen-bond acceptors (Lipinski definition) is 4. The number of thioether (sulfide) groups is 1. The van der Waals surface area contributed by atoms with Crippen molar-refractivity contribution in [3.63, 3.8) is 0 Å². The number of alkyl halides is 3. The second-order valence-corrected chi connectivity index (χ2v) is 5.89. The third-order valence-electron chi connectivity index (χ3n) is 3.26. The smallest absolute Gasteiger partial charge is 0.278 e. The summed E-state index contributed by atoms with van der Waals surface area (Å²) >= 11 is 0.816. The highest BCUT2D eigenvalue weighted by atomic mass is 32.2. The number of hydrogen-bond donors (Lipinski definition) is 1. The maximum Gasteiger partial charge on any atom is 0.418 e. The lowest BCUT2D eigenvalue weighted by Gasteiger charge is -2.19. The Morgan fingerprint density at radius 2 is 1.92 bits per heavy atom. The molecule has 0 atom stereocenters. The summed E-state index contributed by atoms with van der Waals surface area (Å²) < 4.78 is 39.5. The normalized spacial score (nSPS) is 17.0. The van der Waals surface area contributed by atoms with Crippen LogP contribution in [-0.4, -0.2) is 16.1 Å². The molecule has 0 saturated carbocycles. The minimum atomic E-state index is -4.61. The van der Waals surface area contributed by atoms with Gasteiger partial charge in [0.05, 0.1) is 16.2 Å². The zero-order valence-corrected chi connectivity index (χ0v) is 12.9. The van der Waals surface area contributed by atoms with Crippen LogP contribution in [0, 0.1) is 5.41 Å². The highest BCUT2D eigenvalue weighted by molar-refractivity contribution is 8.19. The van der Waals surface area contributed by atoms with Crippen LogP contribution in [0.15, 0.2) is 53.7 Å². The lowest BCUT2D eigenvalue weighted by atomic mass is 10.1. The highest BCUT2D eigenvalue weighted by Crippen LogP contribution is 2.41. The molecule has 1 aliphatic heterocycles. The Labute approximate surface area is 139 Å². The van der Waals surface area contributed by atoms with Crippen LogP contribution in [0.5, 0.6) is 0 Å². The first-order chi connectivity index (χ1) is 11.4. The molecule has 1 amide bonds. The quantitative estimate of drug-likeness (QED) is 0.829. The lowest BCUT2D eigenvalue weighted by Crippen LogP contribution is -2.30. The van der Waals surface area contributed by atoms with Gasteiger partial charge in [-0.3, -0.25) is 20.1 Å². The van der Waals surface area contributed by atoms with Crippen molar-refractivity contribution in [3.05, 3.63) is 64.8 Å². The van der Waals surface area contributed by atoms with Crippen molar-refractivity contribution in [1.29, 1.82) is 5.41 Å². The van der Waals surface area contributed by atoms with Gasteiger partial charge in [-0.15, -0.1) is 0 Å². The van der Waals surface area contributed by atoms with Crippen molar-refractivity contribution in [2.45, 2.75) is 6.18 Å². The summed E-state index contributed by atoms with van der Waals surface area (Å²) in [4.78, 5) is 17.4. The van der Waals surface area contributed by atoms with Crippen molar-refractivity contribution in [2.75, 3.05) is 4.90 Å². The van der Waals surface area contributed by atoms with E-state index in [1.807, 2.05) is 0 Å². The van der Waals surface area contributed by atoms with E-state index < -0.39 is 17.6 Å². The Bertz CT molecular complexity index is 834. The maximum atomic E-state index is 13.2. The van der Waals surface area contributed by atoms with Gasteiger partial charge in [0, 0.05) is 12.4 Å². The Balaban J connectivity index is 2.01. The van der Waals surface area contributed by atoms with Crippen molar-refractivity contribution in [2.24, 2.45) is 0 Å². The van der Waals surface area contributed by atoms with E-state index in [0.717, 1.165) is 22.7 Å². The molecule has 1 fully saturated rings. The van der Waals surface area contributed by atoms with E-state index in [-0.39, 0.29) is 15.8 Å². The number of rotatable bonds is 2. The fourth-order valence-corrected chi connectivity index (χ4v) is 3.08. The average Bonchev–Trinajstić information content (AvgIpc) is 2.81. The summed E-state index contributed by atoms with van der Waals surface area (Å²) in [5.74, 6) is -0.662. The van der Waals surface area contributed by atoms with Gasteiger partial charge in [0.15, 0.2) is 5.17 Å². The molecule has 0 radical (unpaired) electrons. The molecule has 3 rings (SSSR count). The summed E-state index contributed by atoms with van der Waals surface area (Å²) in [6, 6.07) is 8.11. The number of amides is 1.